The molecule has 0 saturated carbocycles. The second-order valence-corrected chi connectivity index (χ2v) is 8.28. The van der Waals surface area contributed by atoms with Crippen LogP contribution in [0, 0.1) is 20.8 Å². The average molecular weight is 389 g/mol. The molecule has 0 amide bonds. The number of hydrogen-bond donors (Lipinski definition) is 0. The molecule has 1 nitrogen and oxygen atoms in total. The van der Waals surface area contributed by atoms with E-state index in [0.29, 0.717) is 0 Å². The molecule has 0 saturated heterocycles. The Morgan fingerprint density at radius 3 is 1.67 bits per heavy atom. The zero-order valence-electron chi connectivity index (χ0n) is 17.8. The first-order chi connectivity index (χ1) is 14.6. The molecule has 0 N–H and O–H groups in total. The standard InChI is InChI=1S/C29H26N/c1-21-18-22(2)28(23(3)19-21)30-20-24-12-10-11-17-27(24)29(30,25-13-6-4-7-14-25)26-15-8-5-9-16-26/h4-20H,1-3H3/q+1. The largest absolute Gasteiger partial charge is 0.245 e. The van der Waals surface area contributed by atoms with Gasteiger partial charge in [0.1, 0.15) is 0 Å². The predicted molar refractivity (Wildman–Crippen MR) is 125 cm³/mol. The van der Waals surface area contributed by atoms with Crippen molar-refractivity contribution in [1.82, 2.24) is 0 Å². The van der Waals surface area contributed by atoms with Gasteiger partial charge in [0.05, 0.1) is 0 Å². The normalized spacial score (nSPS) is 14.3. The molecular formula is C29H26N+. The quantitative estimate of drug-likeness (QED) is 0.344. The van der Waals surface area contributed by atoms with Gasteiger partial charge in [-0.05, 0) is 39.0 Å². The molecule has 0 spiro atoms. The van der Waals surface area contributed by atoms with Crippen molar-refractivity contribution in [2.45, 2.75) is 26.3 Å². The molecule has 0 fully saturated rings. The number of rotatable bonds is 3. The summed E-state index contributed by atoms with van der Waals surface area (Å²) in [7, 11) is 0. The van der Waals surface area contributed by atoms with Crippen LogP contribution in [0.5, 0.6) is 0 Å². The van der Waals surface area contributed by atoms with Gasteiger partial charge in [-0.25, -0.2) is 0 Å². The van der Waals surface area contributed by atoms with Crippen LogP contribution in [-0.4, -0.2) is 10.8 Å². The topological polar surface area (TPSA) is 3.01 Å². The minimum atomic E-state index is -0.413. The summed E-state index contributed by atoms with van der Waals surface area (Å²) in [5.41, 5.74) is 9.91. The molecule has 5 rings (SSSR count). The van der Waals surface area contributed by atoms with Gasteiger partial charge in [-0.15, -0.1) is 0 Å². The van der Waals surface area contributed by atoms with Gasteiger partial charge in [-0.2, -0.15) is 4.58 Å². The molecule has 0 unspecified atom stereocenters. The Morgan fingerprint density at radius 1 is 0.600 bits per heavy atom. The highest BCUT2D eigenvalue weighted by molar-refractivity contribution is 5.85. The van der Waals surface area contributed by atoms with E-state index in [0.717, 1.165) is 0 Å². The molecule has 1 heterocycles. The van der Waals surface area contributed by atoms with Crippen LogP contribution >= 0.6 is 0 Å². The smallest absolute Gasteiger partial charge is 0.179 e. The van der Waals surface area contributed by atoms with Crippen molar-refractivity contribution in [3.05, 3.63) is 136 Å². The van der Waals surface area contributed by atoms with E-state index in [2.05, 4.69) is 129 Å². The Hall–Kier alpha value is -3.45. The third-order valence-corrected chi connectivity index (χ3v) is 6.24. The van der Waals surface area contributed by atoms with Crippen LogP contribution in [0.1, 0.15) is 38.9 Å². The lowest BCUT2D eigenvalue weighted by atomic mass is 9.76. The van der Waals surface area contributed by atoms with Crippen LogP contribution in [0.4, 0.5) is 5.69 Å². The average Bonchev–Trinajstić information content (AvgIpc) is 3.10. The summed E-state index contributed by atoms with van der Waals surface area (Å²) in [5.74, 6) is 0. The zero-order valence-corrected chi connectivity index (χ0v) is 17.8. The maximum atomic E-state index is 2.51. The summed E-state index contributed by atoms with van der Waals surface area (Å²) < 4.78 is 2.51. The van der Waals surface area contributed by atoms with Crippen molar-refractivity contribution in [3.63, 3.8) is 0 Å². The summed E-state index contributed by atoms with van der Waals surface area (Å²) in [5, 5.41) is 0. The van der Waals surface area contributed by atoms with E-state index in [1.807, 2.05) is 0 Å². The highest BCUT2D eigenvalue weighted by Crippen LogP contribution is 2.48. The minimum Gasteiger partial charge on any atom is -0.179 e. The molecule has 1 aliphatic heterocycles. The van der Waals surface area contributed by atoms with Crippen molar-refractivity contribution in [3.8, 4) is 0 Å². The number of nitrogens with zero attached hydrogens (tertiary/aromatic N) is 1. The predicted octanol–water partition coefficient (Wildman–Crippen LogP) is 6.68. The molecule has 1 aliphatic rings. The third kappa shape index (κ3) is 2.66. The monoisotopic (exact) mass is 388 g/mol. The minimum absolute atomic E-state index is 0.413. The second kappa shape index (κ2) is 7.11. The first kappa shape index (κ1) is 18.6. The number of aryl methyl sites for hydroxylation is 3. The Kier molecular flexibility index (Phi) is 4.40. The van der Waals surface area contributed by atoms with Crippen LogP contribution < -0.4 is 0 Å². The van der Waals surface area contributed by atoms with Gasteiger partial charge in [-0.3, -0.25) is 0 Å². The molecule has 0 aromatic heterocycles. The lowest BCUT2D eigenvalue weighted by Gasteiger charge is -2.30. The van der Waals surface area contributed by atoms with Gasteiger partial charge in [0.15, 0.2) is 6.21 Å². The van der Waals surface area contributed by atoms with Gasteiger partial charge in [0.25, 0.3) is 0 Å². The van der Waals surface area contributed by atoms with E-state index < -0.39 is 5.54 Å². The molecule has 0 radical (unpaired) electrons. The van der Waals surface area contributed by atoms with Crippen LogP contribution in [0.2, 0.25) is 0 Å². The van der Waals surface area contributed by atoms with Gasteiger partial charge in [-0.1, -0.05) is 84.4 Å². The molecule has 0 atom stereocenters. The number of fused-ring (bicyclic) bond motifs is 1. The van der Waals surface area contributed by atoms with E-state index in [1.54, 1.807) is 0 Å². The Morgan fingerprint density at radius 2 is 1.10 bits per heavy atom. The van der Waals surface area contributed by atoms with E-state index >= 15 is 0 Å². The fraction of sp³-hybridized carbons (Fsp3) is 0.138. The highest BCUT2D eigenvalue weighted by atomic mass is 15.1. The van der Waals surface area contributed by atoms with Crippen LogP contribution in [0.3, 0.4) is 0 Å². The molecule has 4 aromatic carbocycles. The van der Waals surface area contributed by atoms with Crippen molar-refractivity contribution in [2.75, 3.05) is 0 Å². The van der Waals surface area contributed by atoms with Crippen molar-refractivity contribution >= 4 is 11.9 Å². The lowest BCUT2D eigenvalue weighted by Crippen LogP contribution is -2.37. The first-order valence-electron chi connectivity index (χ1n) is 10.5. The molecule has 146 valence electrons. The van der Waals surface area contributed by atoms with E-state index in [1.165, 1.54) is 44.6 Å². The maximum Gasteiger partial charge on any atom is 0.245 e. The van der Waals surface area contributed by atoms with Crippen LogP contribution in [0.15, 0.2) is 97.1 Å². The molecule has 4 aromatic rings. The highest BCUT2D eigenvalue weighted by Gasteiger charge is 2.53. The Labute approximate surface area is 179 Å². The van der Waals surface area contributed by atoms with Gasteiger partial charge < -0.3 is 0 Å². The maximum absolute atomic E-state index is 2.51. The fourth-order valence-corrected chi connectivity index (χ4v) is 5.20. The van der Waals surface area contributed by atoms with Crippen molar-refractivity contribution in [1.29, 1.82) is 0 Å². The van der Waals surface area contributed by atoms with Crippen molar-refractivity contribution < 1.29 is 4.58 Å². The molecule has 1 heteroatoms. The molecule has 0 bridgehead atoms. The SMILES string of the molecule is Cc1cc(C)c([N+]2=Cc3ccccc3C2(c2ccccc2)c2ccccc2)c(C)c1. The Balaban J connectivity index is 1.94. The third-order valence-electron chi connectivity index (χ3n) is 6.24. The van der Waals surface area contributed by atoms with Gasteiger partial charge >= 0.3 is 0 Å². The first-order valence-corrected chi connectivity index (χ1v) is 10.5. The molecule has 30 heavy (non-hydrogen) atoms. The Bertz CT molecular complexity index is 1190. The summed E-state index contributed by atoms with van der Waals surface area (Å²) in [6, 6.07) is 35.2. The van der Waals surface area contributed by atoms with E-state index in [-0.39, 0.29) is 0 Å². The summed E-state index contributed by atoms with van der Waals surface area (Å²) in [6.07, 6.45) is 2.33. The van der Waals surface area contributed by atoms with Crippen molar-refractivity contribution in [2.24, 2.45) is 0 Å². The van der Waals surface area contributed by atoms with Crippen LogP contribution in [-0.2, 0) is 5.54 Å². The fourth-order valence-electron chi connectivity index (χ4n) is 5.20. The van der Waals surface area contributed by atoms with Crippen LogP contribution in [0.25, 0.3) is 0 Å². The number of hydrogen-bond acceptors (Lipinski definition) is 0. The van der Waals surface area contributed by atoms with E-state index in [4.69, 9.17) is 0 Å². The summed E-state index contributed by atoms with van der Waals surface area (Å²) >= 11 is 0. The summed E-state index contributed by atoms with van der Waals surface area (Å²) in [4.78, 5) is 0. The summed E-state index contributed by atoms with van der Waals surface area (Å²) in [6.45, 7) is 6.63. The van der Waals surface area contributed by atoms with Gasteiger partial charge in [0.2, 0.25) is 11.2 Å². The van der Waals surface area contributed by atoms with E-state index in [9.17, 15) is 0 Å². The van der Waals surface area contributed by atoms with Gasteiger partial charge in [0, 0.05) is 33.4 Å². The number of benzene rings is 4. The lowest BCUT2D eigenvalue weighted by molar-refractivity contribution is -0.508. The second-order valence-electron chi connectivity index (χ2n) is 8.28. The molecular weight excluding hydrogens is 362 g/mol. The molecule has 0 aliphatic carbocycles. The zero-order chi connectivity index (χ0) is 20.7.